The van der Waals surface area contributed by atoms with Gasteiger partial charge in [-0.15, -0.1) is 0 Å². The van der Waals surface area contributed by atoms with Gasteiger partial charge < -0.3 is 71.5 Å². The third-order valence-electron chi connectivity index (χ3n) is 9.30. The van der Waals surface area contributed by atoms with Crippen molar-refractivity contribution in [3.05, 3.63) is 12.7 Å². The van der Waals surface area contributed by atoms with E-state index in [-0.39, 0.29) is 48.2 Å². The molecule has 2 aromatic rings. The van der Waals surface area contributed by atoms with E-state index in [1.807, 2.05) is 0 Å². The molecule has 0 aliphatic carbocycles. The molecule has 36 heteroatoms. The number of nitrogen functional groups attached to an aromatic ring is 1. The first-order valence-electron chi connectivity index (χ1n) is 20.0. The highest BCUT2D eigenvalue weighted by Crippen LogP contribution is 2.61. The first-order valence-corrected chi connectivity index (χ1v) is 25.7. The number of anilines is 1. The number of phosphoric acid groups is 3. The zero-order valence-electron chi connectivity index (χ0n) is 36.2. The molecule has 7 atom stereocenters. The number of aliphatic hydroxyl groups is 2. The maximum atomic E-state index is 12.7. The number of nitrogens with two attached hydrogens (primary N) is 1. The second kappa shape index (κ2) is 26.1. The Labute approximate surface area is 388 Å². The number of thioether (sulfide) groups is 1. The lowest BCUT2D eigenvalue weighted by atomic mass is 9.87. The van der Waals surface area contributed by atoms with Crippen molar-refractivity contribution in [1.29, 1.82) is 0 Å². The number of ether oxygens (including phenoxy) is 1. The van der Waals surface area contributed by atoms with Crippen LogP contribution in [-0.4, -0.2) is 191 Å². The Morgan fingerprint density at radius 2 is 1.62 bits per heavy atom. The van der Waals surface area contributed by atoms with E-state index in [4.69, 9.17) is 29.4 Å². The molecule has 0 aromatic carbocycles. The summed E-state index contributed by atoms with van der Waals surface area (Å²) in [6.07, 6.45) is -11.1. The molecule has 2 unspecified atom stereocenters. The summed E-state index contributed by atoms with van der Waals surface area (Å²) >= 11 is 1.35. The van der Waals surface area contributed by atoms with Crippen LogP contribution in [0.1, 0.15) is 32.9 Å². The molecule has 2 saturated heterocycles. The highest BCUT2D eigenvalue weighted by molar-refractivity contribution is 7.99. The van der Waals surface area contributed by atoms with Gasteiger partial charge in [-0.25, -0.2) is 33.4 Å². The number of piperazine rings is 1. The second-order valence-electron chi connectivity index (χ2n) is 15.2. The van der Waals surface area contributed by atoms with Gasteiger partial charge in [-0.3, -0.25) is 32.5 Å². The Hall–Kier alpha value is -3.46. The van der Waals surface area contributed by atoms with Gasteiger partial charge in [0.15, 0.2) is 17.7 Å². The molecule has 68 heavy (non-hydrogen) atoms. The number of rotatable bonds is 25. The molecule has 3 amide bonds. The number of fused-ring (bicyclic) bond motifs is 1. The Morgan fingerprint density at radius 1 is 0.985 bits per heavy atom. The minimum Gasteiger partial charge on any atom is -0.475 e. The first-order chi connectivity index (χ1) is 31.5. The average molecular weight is 1060 g/mol. The van der Waals surface area contributed by atoms with Gasteiger partial charge in [0.05, 0.1) is 25.3 Å². The van der Waals surface area contributed by atoms with E-state index in [0.29, 0.717) is 12.3 Å². The van der Waals surface area contributed by atoms with Crippen molar-refractivity contribution < 1.29 is 104 Å². The van der Waals surface area contributed by atoms with Gasteiger partial charge in [0, 0.05) is 63.4 Å². The number of aromatic nitrogens is 4. The molecule has 2 fully saturated rings. The number of hydrogen-bond donors (Lipinski definition) is 12. The van der Waals surface area contributed by atoms with Crippen molar-refractivity contribution in [2.24, 2.45) is 5.41 Å². The standard InChI is InChI=1S/C30H53N10O17P3S.C2HF3O2/c1-30(2,25(44)28(45)35-6-4-20(41)34-9-13-61-15-21(42)33-5-3-10-39-11-7-32-8-12-39)16-54-60(51,52)57-59(49,50)53-14-19-24(56-58(46,47)48)23(43)29(55-19)40-18-38-22-26(31)36-17-37-27(22)40;3-2(4,5)1(6)7/h17-19,23-25,29,32,43-44H,3-16H2,1-2H3,(H,33,42)(H,34,41)(H,35,45)(H,49,50)(H,51,52)(H2,31,36,37)(H2,46,47,48);(H,6,7)/t19-,23-,24-,25+,29-;/m1./s1. The molecule has 0 saturated carbocycles. The van der Waals surface area contributed by atoms with E-state index in [2.05, 4.69) is 50.0 Å². The molecule has 13 N–H and O–H groups in total. The van der Waals surface area contributed by atoms with E-state index in [9.17, 15) is 71.0 Å². The lowest BCUT2D eigenvalue weighted by molar-refractivity contribution is -0.192. The van der Waals surface area contributed by atoms with E-state index in [1.165, 1.54) is 25.6 Å². The van der Waals surface area contributed by atoms with Gasteiger partial charge in [-0.2, -0.15) is 29.2 Å². The second-order valence-corrected chi connectivity index (χ2v) is 20.6. The van der Waals surface area contributed by atoms with Crippen molar-refractivity contribution in [3.8, 4) is 0 Å². The molecule has 0 bridgehead atoms. The maximum Gasteiger partial charge on any atom is 0.490 e. The largest absolute Gasteiger partial charge is 0.490 e. The summed E-state index contributed by atoms with van der Waals surface area (Å²) in [5.74, 6) is -3.55. The zero-order valence-corrected chi connectivity index (χ0v) is 39.7. The normalized spacial score (nSPS) is 21.5. The molecule has 2 aliphatic heterocycles. The number of halogens is 3. The number of imidazole rings is 1. The van der Waals surface area contributed by atoms with Gasteiger partial charge in [0.2, 0.25) is 17.7 Å². The molecule has 0 radical (unpaired) electrons. The van der Waals surface area contributed by atoms with E-state index in [1.54, 1.807) is 0 Å². The molecular formula is C32H54F3N10O19P3S. The molecular weight excluding hydrogens is 1010 g/mol. The van der Waals surface area contributed by atoms with Crippen LogP contribution in [0.15, 0.2) is 12.7 Å². The number of carboxylic acid groups (broad SMARTS) is 1. The number of aliphatic hydroxyl groups excluding tert-OH is 2. The van der Waals surface area contributed by atoms with Crippen molar-refractivity contribution in [2.45, 2.75) is 63.5 Å². The quantitative estimate of drug-likeness (QED) is 0.0385. The van der Waals surface area contributed by atoms with Crippen LogP contribution in [0.4, 0.5) is 19.0 Å². The predicted molar refractivity (Wildman–Crippen MR) is 228 cm³/mol. The molecule has 388 valence electrons. The Bertz CT molecular complexity index is 2160. The Kier molecular flexibility index (Phi) is 22.6. The number of carbonyl (C=O) groups is 4. The predicted octanol–water partition coefficient (Wildman–Crippen LogP) is -1.82. The minimum atomic E-state index is -5.57. The number of alkyl halides is 3. The SMILES string of the molecule is CC(C)(COP(=O)(O)OP(=O)(O)OC[C@H]1O[C@@H](n2cnc3c(N)ncnc32)[C@H](O)[C@@H]1OP(=O)(O)O)[C@@H](O)C(=O)NCCC(=O)NCCSCC(=O)NCCCN1CCNCC1.O=C(O)C(F)(F)F. The van der Waals surface area contributed by atoms with E-state index in [0.717, 1.165) is 56.4 Å². The van der Waals surface area contributed by atoms with Gasteiger partial charge in [0.25, 0.3) is 0 Å². The fraction of sp³-hybridized carbons (Fsp3) is 0.719. The van der Waals surface area contributed by atoms with E-state index < -0.39 is 96.7 Å². The number of nitrogens with zero attached hydrogens (tertiary/aromatic N) is 5. The number of carbonyl (C=O) groups excluding carboxylic acids is 3. The van der Waals surface area contributed by atoms with Crippen molar-refractivity contribution in [3.63, 3.8) is 0 Å². The Balaban J connectivity index is 0.00000162. The number of aliphatic carboxylic acids is 1. The van der Waals surface area contributed by atoms with Crippen LogP contribution in [0, 0.1) is 5.41 Å². The number of hydrogen-bond acceptors (Lipinski definition) is 21. The van der Waals surface area contributed by atoms with Gasteiger partial charge in [-0.1, -0.05) is 13.8 Å². The third kappa shape index (κ3) is 20.1. The van der Waals surface area contributed by atoms with Crippen LogP contribution in [0.25, 0.3) is 11.2 Å². The number of phosphoric ester groups is 3. The van der Waals surface area contributed by atoms with Crippen LogP contribution in [0.5, 0.6) is 0 Å². The third-order valence-corrected chi connectivity index (χ3v) is 13.4. The Morgan fingerprint density at radius 3 is 2.25 bits per heavy atom. The van der Waals surface area contributed by atoms with Gasteiger partial charge in [0.1, 0.15) is 36.3 Å². The van der Waals surface area contributed by atoms with Crippen LogP contribution >= 0.6 is 35.2 Å². The molecule has 4 rings (SSSR count). The van der Waals surface area contributed by atoms with Crippen LogP contribution in [-0.2, 0) is 55.5 Å². The summed E-state index contributed by atoms with van der Waals surface area (Å²) in [6.45, 7) is 6.03. The minimum absolute atomic E-state index is 0.0314. The monoisotopic (exact) mass is 1060 g/mol. The van der Waals surface area contributed by atoms with Crippen molar-refractivity contribution in [1.82, 2.24) is 45.7 Å². The van der Waals surface area contributed by atoms with E-state index >= 15 is 0 Å². The van der Waals surface area contributed by atoms with Crippen LogP contribution in [0.2, 0.25) is 0 Å². The molecule has 2 aromatic heterocycles. The lowest BCUT2D eigenvalue weighted by Gasteiger charge is -2.30. The van der Waals surface area contributed by atoms with Gasteiger partial charge >= 0.3 is 35.6 Å². The fourth-order valence-electron chi connectivity index (χ4n) is 5.88. The summed E-state index contributed by atoms with van der Waals surface area (Å²) in [5.41, 5.74) is 4.27. The number of nitrogens with one attached hydrogen (secondary N) is 4. The highest BCUT2D eigenvalue weighted by atomic mass is 32.2. The highest BCUT2D eigenvalue weighted by Gasteiger charge is 2.50. The molecule has 29 nitrogen and oxygen atoms in total. The molecule has 4 heterocycles. The van der Waals surface area contributed by atoms with Crippen molar-refractivity contribution in [2.75, 3.05) is 82.8 Å². The summed E-state index contributed by atoms with van der Waals surface area (Å²) in [6, 6.07) is 0. The number of carboxylic acids is 1. The topological polar surface area (TPSA) is 428 Å². The summed E-state index contributed by atoms with van der Waals surface area (Å²) in [4.78, 5) is 99.2. The fourth-order valence-corrected chi connectivity index (χ4v) is 9.39. The summed E-state index contributed by atoms with van der Waals surface area (Å²) in [5, 5.41) is 39.8. The van der Waals surface area contributed by atoms with Gasteiger partial charge in [-0.05, 0) is 13.0 Å². The lowest BCUT2D eigenvalue weighted by Crippen LogP contribution is -2.46. The maximum absolute atomic E-state index is 12.7. The smallest absolute Gasteiger partial charge is 0.475 e. The average Bonchev–Trinajstić information content (AvgIpc) is 3.80. The molecule has 2 aliphatic rings. The number of amides is 3. The van der Waals surface area contributed by atoms with Crippen LogP contribution in [0.3, 0.4) is 0 Å². The summed E-state index contributed by atoms with van der Waals surface area (Å²) in [7, 11) is -16.4. The zero-order chi connectivity index (χ0) is 51.1. The molecule has 0 spiro atoms. The summed E-state index contributed by atoms with van der Waals surface area (Å²) < 4.78 is 94.0. The first kappa shape index (κ1) is 58.9. The van der Waals surface area contributed by atoms with Crippen LogP contribution < -0.4 is 27.0 Å². The van der Waals surface area contributed by atoms with Crippen molar-refractivity contribution >= 4 is 75.9 Å².